The van der Waals surface area contributed by atoms with Gasteiger partial charge in [-0.1, -0.05) is 24.3 Å². The van der Waals surface area contributed by atoms with Crippen LogP contribution in [0, 0.1) is 5.82 Å². The Morgan fingerprint density at radius 2 is 1.97 bits per heavy atom. The second kappa shape index (κ2) is 9.26. The van der Waals surface area contributed by atoms with Gasteiger partial charge in [-0.05, 0) is 29.8 Å². The van der Waals surface area contributed by atoms with Gasteiger partial charge in [0.1, 0.15) is 10.8 Å². The van der Waals surface area contributed by atoms with Crippen LogP contribution in [0.2, 0.25) is 0 Å². The Morgan fingerprint density at radius 1 is 1.17 bits per heavy atom. The van der Waals surface area contributed by atoms with E-state index in [0.29, 0.717) is 10.7 Å². The number of nitrogens with zero attached hydrogens (tertiary/aromatic N) is 2. The van der Waals surface area contributed by atoms with Crippen LogP contribution in [0.15, 0.2) is 53.9 Å². The molecule has 1 fully saturated rings. The molecular weight excluding hydrogens is 389 g/mol. The summed E-state index contributed by atoms with van der Waals surface area (Å²) in [5.74, 6) is -0.420. The number of hydrogen-bond donors (Lipinski definition) is 1. The first kappa shape index (κ1) is 19.7. The first-order valence-electron chi connectivity index (χ1n) is 9.55. The number of ether oxygens (including phenoxy) is 1. The van der Waals surface area contributed by atoms with Gasteiger partial charge in [0.25, 0.3) is 0 Å². The van der Waals surface area contributed by atoms with Crippen molar-refractivity contribution in [3.8, 4) is 10.6 Å². The van der Waals surface area contributed by atoms with Crippen molar-refractivity contribution in [2.75, 3.05) is 31.6 Å². The molecule has 0 spiro atoms. The lowest BCUT2D eigenvalue weighted by molar-refractivity contribution is -0.115. The smallest absolute Gasteiger partial charge is 0.230 e. The van der Waals surface area contributed by atoms with Crippen molar-refractivity contribution < 1.29 is 13.9 Å². The molecule has 1 aliphatic heterocycles. The number of thiazole rings is 1. The largest absolute Gasteiger partial charge is 0.379 e. The van der Waals surface area contributed by atoms with E-state index in [-0.39, 0.29) is 18.1 Å². The topological polar surface area (TPSA) is 54.5 Å². The maximum Gasteiger partial charge on any atom is 0.230 e. The number of aromatic nitrogens is 1. The van der Waals surface area contributed by atoms with Gasteiger partial charge >= 0.3 is 0 Å². The molecule has 2 aromatic carbocycles. The van der Waals surface area contributed by atoms with Crippen LogP contribution in [0.1, 0.15) is 11.3 Å². The van der Waals surface area contributed by atoms with Crippen LogP contribution in [-0.4, -0.2) is 42.1 Å². The highest BCUT2D eigenvalue weighted by Crippen LogP contribution is 2.24. The first-order chi connectivity index (χ1) is 14.2. The summed E-state index contributed by atoms with van der Waals surface area (Å²) < 4.78 is 18.7. The van der Waals surface area contributed by atoms with Crippen LogP contribution in [0.5, 0.6) is 0 Å². The molecule has 1 aliphatic rings. The molecule has 1 amide bonds. The number of carbonyl (C=O) groups excluding carboxylic acids is 1. The number of rotatable bonds is 6. The van der Waals surface area contributed by atoms with Crippen LogP contribution in [-0.2, 0) is 22.5 Å². The lowest BCUT2D eigenvalue weighted by Gasteiger charge is -2.26. The van der Waals surface area contributed by atoms with Gasteiger partial charge in [-0.15, -0.1) is 11.3 Å². The molecule has 4 rings (SSSR count). The molecule has 0 aliphatic carbocycles. The first-order valence-corrected chi connectivity index (χ1v) is 10.4. The normalized spacial score (nSPS) is 14.7. The van der Waals surface area contributed by atoms with Crippen molar-refractivity contribution in [1.82, 2.24) is 9.88 Å². The second-order valence-corrected chi connectivity index (χ2v) is 7.82. The Kier molecular flexibility index (Phi) is 6.29. The van der Waals surface area contributed by atoms with Crippen LogP contribution in [0.4, 0.5) is 10.1 Å². The predicted molar refractivity (Wildman–Crippen MR) is 112 cm³/mol. The van der Waals surface area contributed by atoms with E-state index in [1.165, 1.54) is 29.0 Å². The highest BCUT2D eigenvalue weighted by atomic mass is 32.1. The number of halogens is 1. The summed E-state index contributed by atoms with van der Waals surface area (Å²) in [6, 6.07) is 14.2. The monoisotopic (exact) mass is 411 g/mol. The van der Waals surface area contributed by atoms with E-state index in [4.69, 9.17) is 4.74 Å². The van der Waals surface area contributed by atoms with Gasteiger partial charge < -0.3 is 10.1 Å². The van der Waals surface area contributed by atoms with Crippen LogP contribution >= 0.6 is 11.3 Å². The van der Waals surface area contributed by atoms with Crippen molar-refractivity contribution in [3.05, 3.63) is 71.0 Å². The molecule has 1 aromatic heterocycles. The van der Waals surface area contributed by atoms with Gasteiger partial charge in [0.2, 0.25) is 5.91 Å². The Bertz CT molecular complexity index is 968. The minimum atomic E-state index is -0.297. The number of amides is 1. The zero-order valence-electron chi connectivity index (χ0n) is 15.9. The quantitative estimate of drug-likeness (QED) is 0.667. The Morgan fingerprint density at radius 3 is 2.72 bits per heavy atom. The highest BCUT2D eigenvalue weighted by molar-refractivity contribution is 7.13. The fraction of sp³-hybridized carbons (Fsp3) is 0.273. The molecule has 3 aromatic rings. The minimum absolute atomic E-state index is 0.123. The third-order valence-electron chi connectivity index (χ3n) is 4.71. The zero-order valence-corrected chi connectivity index (χ0v) is 16.8. The van der Waals surface area contributed by atoms with Gasteiger partial charge in [-0.2, -0.15) is 0 Å². The number of hydrogen-bond acceptors (Lipinski definition) is 5. The van der Waals surface area contributed by atoms with Crippen molar-refractivity contribution in [1.29, 1.82) is 0 Å². The van der Waals surface area contributed by atoms with Gasteiger partial charge in [0.15, 0.2) is 0 Å². The van der Waals surface area contributed by atoms with Crippen molar-refractivity contribution in [2.45, 2.75) is 13.0 Å². The second-order valence-electron chi connectivity index (χ2n) is 6.96. The molecule has 1 saturated heterocycles. The van der Waals surface area contributed by atoms with E-state index in [1.807, 2.05) is 35.7 Å². The van der Waals surface area contributed by atoms with Crippen molar-refractivity contribution in [2.24, 2.45) is 0 Å². The van der Waals surface area contributed by atoms with Crippen molar-refractivity contribution in [3.63, 3.8) is 0 Å². The van der Waals surface area contributed by atoms with E-state index < -0.39 is 0 Å². The highest BCUT2D eigenvalue weighted by Gasteiger charge is 2.12. The van der Waals surface area contributed by atoms with Gasteiger partial charge in [-0.25, -0.2) is 9.37 Å². The van der Waals surface area contributed by atoms with Crippen LogP contribution in [0.3, 0.4) is 0 Å². The van der Waals surface area contributed by atoms with Gasteiger partial charge in [-0.3, -0.25) is 9.69 Å². The maximum atomic E-state index is 13.4. The molecule has 0 atom stereocenters. The molecule has 150 valence electrons. The number of benzene rings is 2. The van der Waals surface area contributed by atoms with E-state index in [0.717, 1.165) is 44.1 Å². The van der Waals surface area contributed by atoms with Gasteiger partial charge in [0, 0.05) is 36.3 Å². The third-order valence-corrected chi connectivity index (χ3v) is 5.65. The number of carbonyl (C=O) groups is 1. The summed E-state index contributed by atoms with van der Waals surface area (Å²) in [7, 11) is 0. The van der Waals surface area contributed by atoms with Gasteiger partial charge in [0.05, 0.1) is 25.3 Å². The summed E-state index contributed by atoms with van der Waals surface area (Å²) in [5.41, 5.74) is 3.37. The zero-order chi connectivity index (χ0) is 20.1. The molecular formula is C22H22FN3O2S. The molecule has 2 heterocycles. The molecule has 5 nitrogen and oxygen atoms in total. The summed E-state index contributed by atoms with van der Waals surface area (Å²) in [6.07, 6.45) is 0.182. The maximum absolute atomic E-state index is 13.4. The third kappa shape index (κ3) is 5.47. The standard InChI is InChI=1S/C22H22FN3O2S/c23-18-3-1-2-17(12-18)22-25-20(15-29-22)13-21(27)24-19-6-4-16(5-7-19)14-26-8-10-28-11-9-26/h1-7,12,15H,8-11,13-14H2,(H,24,27). The number of anilines is 1. The Hall–Kier alpha value is -2.61. The van der Waals surface area contributed by atoms with Crippen LogP contribution in [0.25, 0.3) is 10.6 Å². The molecule has 0 saturated carbocycles. The molecule has 0 radical (unpaired) electrons. The number of nitrogens with one attached hydrogen (secondary N) is 1. The average Bonchev–Trinajstić information content (AvgIpc) is 3.19. The van der Waals surface area contributed by atoms with Crippen molar-refractivity contribution >= 4 is 22.9 Å². The fourth-order valence-corrected chi connectivity index (χ4v) is 4.04. The molecule has 7 heteroatoms. The van der Waals surface area contributed by atoms with E-state index in [2.05, 4.69) is 15.2 Å². The van der Waals surface area contributed by atoms with E-state index in [1.54, 1.807) is 6.07 Å². The van der Waals surface area contributed by atoms with E-state index >= 15 is 0 Å². The average molecular weight is 412 g/mol. The molecule has 29 heavy (non-hydrogen) atoms. The van der Waals surface area contributed by atoms with Crippen LogP contribution < -0.4 is 5.32 Å². The fourth-order valence-electron chi connectivity index (χ4n) is 3.22. The molecule has 0 bridgehead atoms. The Balaban J connectivity index is 1.31. The SMILES string of the molecule is O=C(Cc1csc(-c2cccc(F)c2)n1)Nc1ccc(CN2CCOCC2)cc1. The summed E-state index contributed by atoms with van der Waals surface area (Å²) >= 11 is 1.41. The minimum Gasteiger partial charge on any atom is -0.379 e. The summed E-state index contributed by atoms with van der Waals surface area (Å²) in [5, 5.41) is 5.46. The lowest BCUT2D eigenvalue weighted by atomic mass is 10.2. The molecule has 1 N–H and O–H groups in total. The lowest BCUT2D eigenvalue weighted by Crippen LogP contribution is -2.35. The summed E-state index contributed by atoms with van der Waals surface area (Å²) in [4.78, 5) is 19.2. The predicted octanol–water partition coefficient (Wildman–Crippen LogP) is 3.96. The Labute approximate surface area is 173 Å². The summed E-state index contributed by atoms with van der Waals surface area (Å²) in [6.45, 7) is 4.35. The molecule has 0 unspecified atom stereocenters. The van der Waals surface area contributed by atoms with E-state index in [9.17, 15) is 9.18 Å². The number of morpholine rings is 1.